The van der Waals surface area contributed by atoms with E-state index in [0.717, 1.165) is 64.2 Å². The Balaban J connectivity index is 0. The van der Waals surface area contributed by atoms with E-state index in [1.165, 1.54) is 161 Å². The molecule has 0 radical (unpaired) electrons. The molecule has 0 aromatic heterocycles. The number of unbranched alkanes of at least 4 members (excludes halogenated alkanes) is 31. The van der Waals surface area contributed by atoms with E-state index in [4.69, 9.17) is 14.2 Å². The van der Waals surface area contributed by atoms with Gasteiger partial charge in [-0.05, 0) is 44.9 Å². The second kappa shape index (κ2) is 45.0. The largest absolute Gasteiger partial charge is 1.00 e. The zero-order valence-electron chi connectivity index (χ0n) is 41.4. The van der Waals surface area contributed by atoms with Crippen molar-refractivity contribution in [2.24, 2.45) is 0 Å². The highest BCUT2D eigenvalue weighted by Gasteiger charge is 2.47. The Morgan fingerprint density at radius 3 is 0.803 bits per heavy atom. The molecule has 0 atom stereocenters. The molecule has 0 aromatic carbocycles. The number of quaternary nitrogens is 1. The number of nitrogens with zero attached hydrogens (tertiary/aromatic N) is 1. The lowest BCUT2D eigenvalue weighted by atomic mass is 9.98. The summed E-state index contributed by atoms with van der Waals surface area (Å²) in [5, 5.41) is 0. The average Bonchev–Trinajstić information content (AvgIpc) is 3.22. The number of carbonyl (C=O) groups is 3. The fraction of sp³-hybridized carbons (Fsp3) is 0.906. The fourth-order valence-electron chi connectivity index (χ4n) is 7.77. The van der Waals surface area contributed by atoms with Gasteiger partial charge in [0.15, 0.2) is 19.8 Å². The van der Waals surface area contributed by atoms with Crippen LogP contribution in [0.5, 0.6) is 0 Å². The van der Waals surface area contributed by atoms with Gasteiger partial charge in [0.1, 0.15) is 0 Å². The summed E-state index contributed by atoms with van der Waals surface area (Å²) in [6.07, 6.45) is 48.4. The summed E-state index contributed by atoms with van der Waals surface area (Å²) in [4.78, 5) is 39.0. The Bertz CT molecular complexity index is 969. The van der Waals surface area contributed by atoms with Crippen molar-refractivity contribution in [1.82, 2.24) is 0 Å². The van der Waals surface area contributed by atoms with E-state index < -0.39 is 5.54 Å². The van der Waals surface area contributed by atoms with E-state index in [0.29, 0.717) is 23.7 Å². The first-order valence-electron chi connectivity index (χ1n) is 26.0. The quantitative estimate of drug-likeness (QED) is 0.0199. The molecule has 0 saturated heterocycles. The van der Waals surface area contributed by atoms with Gasteiger partial charge in [0.25, 0.3) is 0 Å². The van der Waals surface area contributed by atoms with Crippen LogP contribution in [0.3, 0.4) is 0 Å². The Labute approximate surface area is 385 Å². The smallest absolute Gasteiger partial charge is 0.306 e. The first kappa shape index (κ1) is 61.5. The van der Waals surface area contributed by atoms with Crippen LogP contribution in [0, 0.1) is 0 Å². The molecule has 0 aromatic rings. The van der Waals surface area contributed by atoms with Gasteiger partial charge in [0, 0.05) is 19.3 Å². The topological polar surface area (TPSA) is 78.9 Å². The molecule has 0 bridgehead atoms. The van der Waals surface area contributed by atoms with Crippen molar-refractivity contribution < 1.29 is 45.5 Å². The Morgan fingerprint density at radius 2 is 0.574 bits per heavy atom. The number of esters is 3. The van der Waals surface area contributed by atoms with Gasteiger partial charge in [0.2, 0.25) is 5.54 Å². The molecule has 0 amide bonds. The fourth-order valence-corrected chi connectivity index (χ4v) is 7.77. The van der Waals surface area contributed by atoms with E-state index in [2.05, 4.69) is 32.9 Å². The first-order chi connectivity index (χ1) is 29.1. The third-order valence-corrected chi connectivity index (χ3v) is 12.5. The number of hydrogen-bond acceptors (Lipinski definition) is 6. The molecule has 0 N–H and O–H groups in total. The predicted molar refractivity (Wildman–Crippen MR) is 255 cm³/mol. The van der Waals surface area contributed by atoms with Crippen LogP contribution in [0.4, 0.5) is 0 Å². The lowest BCUT2D eigenvalue weighted by Gasteiger charge is -2.44. The Hall–Kier alpha value is -1.60. The maximum absolute atomic E-state index is 13.0. The van der Waals surface area contributed by atoms with E-state index >= 15 is 0 Å². The van der Waals surface area contributed by atoms with Crippen LogP contribution in [-0.4, -0.2) is 68.9 Å². The van der Waals surface area contributed by atoms with E-state index in [1.807, 2.05) is 21.1 Å². The summed E-state index contributed by atoms with van der Waals surface area (Å²) in [7, 11) is 5.98. The van der Waals surface area contributed by atoms with Crippen molar-refractivity contribution >= 4 is 17.9 Å². The average molecular weight is 885 g/mol. The van der Waals surface area contributed by atoms with Crippen molar-refractivity contribution in [3.05, 3.63) is 12.2 Å². The zero-order valence-corrected chi connectivity index (χ0v) is 42.2. The minimum absolute atomic E-state index is 0. The molecule has 61 heavy (non-hydrogen) atoms. The van der Waals surface area contributed by atoms with Gasteiger partial charge in [-0.3, -0.25) is 14.4 Å². The van der Waals surface area contributed by atoms with Crippen LogP contribution in [0.25, 0.3) is 0 Å². The van der Waals surface area contributed by atoms with E-state index in [9.17, 15) is 14.4 Å². The monoisotopic (exact) mass is 884 g/mol. The molecule has 0 saturated carbocycles. The molecule has 0 aliphatic rings. The van der Waals surface area contributed by atoms with Crippen molar-refractivity contribution in [1.29, 1.82) is 0 Å². The third-order valence-electron chi connectivity index (χ3n) is 12.5. The summed E-state index contributed by atoms with van der Waals surface area (Å²) in [6.45, 7) is 6.86. The molecule has 0 unspecified atom stereocenters. The predicted octanol–water partition coefficient (Wildman–Crippen LogP) is 12.5. The standard InChI is InChI=1S/C53H102NO6.ClH/c1-7-10-13-16-19-22-25-26-27-28-31-34-37-40-43-46-52(57)60-49-53(54(4,5)6,47-58-50(55)44-41-38-35-32-29-23-20-17-14-11-8-2)48-59-51(56)45-42-39-36-33-30-24-21-18-15-12-9-3;/h26-27H,7-25,28-49H2,1-6H3;1H/q+1;/p-1/b27-26-;. The number of rotatable bonds is 46. The molecule has 0 fully saturated rings. The number of halogens is 1. The summed E-state index contributed by atoms with van der Waals surface area (Å²) in [5.41, 5.74) is -0.905. The summed E-state index contributed by atoms with van der Waals surface area (Å²) < 4.78 is 18.1. The third kappa shape index (κ3) is 39.7. The minimum Gasteiger partial charge on any atom is -1.00 e. The Kier molecular flexibility index (Phi) is 45.3. The molecular weight excluding hydrogens is 782 g/mol. The van der Waals surface area contributed by atoms with Gasteiger partial charge < -0.3 is 31.1 Å². The molecule has 0 aliphatic heterocycles. The molecule has 0 heterocycles. The van der Waals surface area contributed by atoms with Gasteiger partial charge in [0.05, 0.1) is 21.1 Å². The molecule has 7 nitrogen and oxygen atoms in total. The van der Waals surface area contributed by atoms with Crippen molar-refractivity contribution in [3.8, 4) is 0 Å². The molecule has 8 heteroatoms. The van der Waals surface area contributed by atoms with Gasteiger partial charge in [-0.15, -0.1) is 0 Å². The lowest BCUT2D eigenvalue weighted by molar-refractivity contribution is -0.925. The van der Waals surface area contributed by atoms with Crippen molar-refractivity contribution in [2.45, 2.75) is 270 Å². The van der Waals surface area contributed by atoms with Gasteiger partial charge in [-0.1, -0.05) is 213 Å². The maximum atomic E-state index is 13.0. The minimum atomic E-state index is -0.905. The number of allylic oxidation sites excluding steroid dienone is 2. The number of carbonyl (C=O) groups excluding carboxylic acids is 3. The summed E-state index contributed by atoms with van der Waals surface area (Å²) in [5.74, 6) is -0.726. The van der Waals surface area contributed by atoms with Crippen LogP contribution in [-0.2, 0) is 28.6 Å². The van der Waals surface area contributed by atoms with Gasteiger partial charge in [-0.25, -0.2) is 0 Å². The van der Waals surface area contributed by atoms with E-state index in [1.54, 1.807) is 0 Å². The molecule has 0 rings (SSSR count). The second-order valence-electron chi connectivity index (χ2n) is 19.1. The normalized spacial score (nSPS) is 11.8. The number of likely N-dealkylation sites (N-methyl/N-ethyl adjacent to an activating group) is 1. The highest BCUT2D eigenvalue weighted by molar-refractivity contribution is 5.70. The van der Waals surface area contributed by atoms with Crippen LogP contribution < -0.4 is 12.4 Å². The summed E-state index contributed by atoms with van der Waals surface area (Å²) in [6, 6.07) is 0. The molecular formula is C53H102ClNO6. The second-order valence-corrected chi connectivity index (χ2v) is 19.1. The van der Waals surface area contributed by atoms with Crippen molar-refractivity contribution in [3.63, 3.8) is 0 Å². The number of hydrogen-bond donors (Lipinski definition) is 0. The van der Waals surface area contributed by atoms with Crippen LogP contribution in [0.15, 0.2) is 12.2 Å². The van der Waals surface area contributed by atoms with Gasteiger partial charge in [-0.2, -0.15) is 0 Å². The van der Waals surface area contributed by atoms with Crippen LogP contribution >= 0.6 is 0 Å². The highest BCUT2D eigenvalue weighted by atomic mass is 35.5. The Morgan fingerprint density at radius 1 is 0.361 bits per heavy atom. The van der Waals surface area contributed by atoms with Crippen LogP contribution in [0.1, 0.15) is 265 Å². The molecule has 0 aliphatic carbocycles. The van der Waals surface area contributed by atoms with Crippen LogP contribution in [0.2, 0.25) is 0 Å². The zero-order chi connectivity index (χ0) is 44.3. The lowest BCUT2D eigenvalue weighted by Crippen LogP contribution is -3.00. The summed E-state index contributed by atoms with van der Waals surface area (Å²) >= 11 is 0. The number of ether oxygens (including phenoxy) is 3. The molecule has 0 spiro atoms. The van der Waals surface area contributed by atoms with E-state index in [-0.39, 0.29) is 50.1 Å². The van der Waals surface area contributed by atoms with Crippen molar-refractivity contribution in [2.75, 3.05) is 41.0 Å². The molecule has 362 valence electrons. The SMILES string of the molecule is CCCCCCCC/C=C\CCCCCCCC(=O)OCC(COC(=O)CCCCCCCCCCCCC)(COC(=O)CCCCCCCCCCCCC)[N+](C)(C)C.[Cl-]. The maximum Gasteiger partial charge on any atom is 0.306 e. The first-order valence-corrected chi connectivity index (χ1v) is 26.0. The van der Waals surface area contributed by atoms with Gasteiger partial charge >= 0.3 is 17.9 Å². The highest BCUT2D eigenvalue weighted by Crippen LogP contribution is 2.24.